The molecule has 2 saturated heterocycles. The van der Waals surface area contributed by atoms with Gasteiger partial charge in [0.15, 0.2) is 0 Å². The Balaban J connectivity index is 1.29. The van der Waals surface area contributed by atoms with Crippen LogP contribution in [0.3, 0.4) is 0 Å². The summed E-state index contributed by atoms with van der Waals surface area (Å²) in [4.78, 5) is 40.7. The lowest BCUT2D eigenvalue weighted by Gasteiger charge is -2.28. The van der Waals surface area contributed by atoms with E-state index in [9.17, 15) is 14.4 Å². The maximum absolute atomic E-state index is 12.4. The summed E-state index contributed by atoms with van der Waals surface area (Å²) in [6.07, 6.45) is 5.27. The molecule has 3 amide bonds. The average Bonchev–Trinajstić information content (AvgIpc) is 2.98. The number of hydrogen-bond acceptors (Lipinski definition) is 5. The first-order valence-corrected chi connectivity index (χ1v) is 9.86. The van der Waals surface area contributed by atoms with Crippen molar-refractivity contribution in [1.29, 1.82) is 0 Å². The normalized spacial score (nSPS) is 24.4. The Bertz CT molecular complexity index is 757. The van der Waals surface area contributed by atoms with Gasteiger partial charge >= 0.3 is 0 Å². The number of allylic oxidation sites excluding steroid dienone is 2. The molecule has 4 rings (SSSR count). The van der Waals surface area contributed by atoms with Gasteiger partial charge in [-0.3, -0.25) is 19.3 Å². The molecule has 1 aromatic rings. The van der Waals surface area contributed by atoms with Crippen molar-refractivity contribution >= 4 is 29.1 Å². The third kappa shape index (κ3) is 3.80. The number of imide groups is 1. The molecule has 28 heavy (non-hydrogen) atoms. The summed E-state index contributed by atoms with van der Waals surface area (Å²) in [6.45, 7) is 3.32. The van der Waals surface area contributed by atoms with E-state index in [2.05, 4.69) is 10.2 Å². The third-order valence-electron chi connectivity index (χ3n) is 5.69. The van der Waals surface area contributed by atoms with Crippen molar-refractivity contribution in [2.24, 2.45) is 11.8 Å². The molecule has 3 aliphatic rings. The molecule has 0 spiro atoms. The van der Waals surface area contributed by atoms with Crippen LogP contribution in [0.4, 0.5) is 11.4 Å². The summed E-state index contributed by atoms with van der Waals surface area (Å²) in [7, 11) is 0. The molecule has 2 heterocycles. The predicted molar refractivity (Wildman–Crippen MR) is 105 cm³/mol. The van der Waals surface area contributed by atoms with Crippen molar-refractivity contribution in [2.75, 3.05) is 43.1 Å². The van der Waals surface area contributed by atoms with Crippen molar-refractivity contribution in [3.8, 4) is 0 Å². The van der Waals surface area contributed by atoms with Crippen LogP contribution in [0.5, 0.6) is 0 Å². The van der Waals surface area contributed by atoms with Gasteiger partial charge in [-0.2, -0.15) is 0 Å². The number of hydrogen-bond donors (Lipinski definition) is 1. The monoisotopic (exact) mass is 383 g/mol. The molecular weight excluding hydrogens is 358 g/mol. The molecule has 1 aromatic carbocycles. The number of fused-ring (bicyclic) bond motifs is 1. The molecule has 0 unspecified atom stereocenters. The van der Waals surface area contributed by atoms with Gasteiger partial charge in [0.25, 0.3) is 0 Å². The zero-order chi connectivity index (χ0) is 19.5. The lowest BCUT2D eigenvalue weighted by Crippen LogP contribution is -2.36. The highest BCUT2D eigenvalue weighted by atomic mass is 16.5. The number of carbonyl (C=O) groups is 3. The van der Waals surface area contributed by atoms with Gasteiger partial charge in [0.05, 0.1) is 25.0 Å². The second-order valence-corrected chi connectivity index (χ2v) is 7.43. The highest BCUT2D eigenvalue weighted by Gasteiger charge is 2.46. The van der Waals surface area contributed by atoms with Crippen LogP contribution < -0.4 is 10.2 Å². The van der Waals surface area contributed by atoms with Gasteiger partial charge in [-0.25, -0.2) is 0 Å². The molecule has 148 valence electrons. The first-order chi connectivity index (χ1) is 13.6. The van der Waals surface area contributed by atoms with Crippen LogP contribution in [0.2, 0.25) is 0 Å². The molecular formula is C21H25N3O4. The Hall–Kier alpha value is -2.67. The maximum Gasteiger partial charge on any atom is 0.233 e. The zero-order valence-electron chi connectivity index (χ0n) is 15.8. The van der Waals surface area contributed by atoms with Crippen LogP contribution in [0.15, 0.2) is 36.4 Å². The van der Waals surface area contributed by atoms with E-state index in [1.54, 1.807) is 0 Å². The summed E-state index contributed by atoms with van der Waals surface area (Å²) in [5, 5.41) is 2.84. The fourth-order valence-electron chi connectivity index (χ4n) is 4.10. The largest absolute Gasteiger partial charge is 0.378 e. The van der Waals surface area contributed by atoms with E-state index in [4.69, 9.17) is 4.74 Å². The van der Waals surface area contributed by atoms with Crippen LogP contribution >= 0.6 is 0 Å². The quantitative estimate of drug-likeness (QED) is 0.620. The van der Waals surface area contributed by atoms with E-state index < -0.39 is 0 Å². The Labute approximate surface area is 164 Å². The van der Waals surface area contributed by atoms with Crippen molar-refractivity contribution < 1.29 is 19.1 Å². The number of amides is 3. The van der Waals surface area contributed by atoms with E-state index in [1.807, 2.05) is 36.4 Å². The minimum Gasteiger partial charge on any atom is -0.378 e. The van der Waals surface area contributed by atoms with E-state index in [0.717, 1.165) is 32.0 Å². The molecule has 7 nitrogen and oxygen atoms in total. The fourth-order valence-corrected chi connectivity index (χ4v) is 4.10. The standard InChI is InChI=1S/C21H25N3O4/c25-19(9-10-24-20(26)17-3-1-2-4-18(17)21(24)27)22-15-5-7-16(8-6-15)23-11-13-28-14-12-23/h1-2,5-8,17-18H,3-4,9-14H2,(H,22,25)/t17-,18-/m0/s1. The molecule has 0 saturated carbocycles. The number of likely N-dealkylation sites (tertiary alicyclic amines) is 1. The summed E-state index contributed by atoms with van der Waals surface area (Å²) in [6, 6.07) is 7.70. The van der Waals surface area contributed by atoms with Gasteiger partial charge in [0.1, 0.15) is 0 Å². The molecule has 1 aliphatic carbocycles. The van der Waals surface area contributed by atoms with Gasteiger partial charge < -0.3 is 15.0 Å². The van der Waals surface area contributed by atoms with E-state index in [0.29, 0.717) is 18.5 Å². The minimum atomic E-state index is -0.242. The van der Waals surface area contributed by atoms with E-state index in [1.165, 1.54) is 4.90 Å². The molecule has 0 aromatic heterocycles. The number of anilines is 2. The number of nitrogens with zero attached hydrogens (tertiary/aromatic N) is 2. The Morgan fingerprint density at radius 1 is 1.00 bits per heavy atom. The lowest BCUT2D eigenvalue weighted by atomic mass is 9.85. The first-order valence-electron chi connectivity index (χ1n) is 9.86. The maximum atomic E-state index is 12.4. The van der Waals surface area contributed by atoms with Crippen molar-refractivity contribution in [1.82, 2.24) is 4.90 Å². The molecule has 2 atom stereocenters. The number of morpholine rings is 1. The second kappa shape index (κ2) is 8.14. The summed E-state index contributed by atoms with van der Waals surface area (Å²) >= 11 is 0. The lowest BCUT2D eigenvalue weighted by molar-refractivity contribution is -0.140. The SMILES string of the molecule is O=C(CCN1C(=O)[C@H]2CC=CC[C@@H]2C1=O)Nc1ccc(N2CCOCC2)cc1. The van der Waals surface area contributed by atoms with Crippen LogP contribution in [-0.2, 0) is 19.1 Å². The molecule has 2 aliphatic heterocycles. The average molecular weight is 383 g/mol. The second-order valence-electron chi connectivity index (χ2n) is 7.43. The minimum absolute atomic E-state index is 0.107. The number of benzene rings is 1. The molecule has 0 radical (unpaired) electrons. The van der Waals surface area contributed by atoms with Crippen LogP contribution in [0, 0.1) is 11.8 Å². The predicted octanol–water partition coefficient (Wildman–Crippen LogP) is 1.80. The van der Waals surface area contributed by atoms with Gasteiger partial charge in [-0.1, -0.05) is 12.2 Å². The van der Waals surface area contributed by atoms with Gasteiger partial charge in [-0.05, 0) is 37.1 Å². The van der Waals surface area contributed by atoms with Gasteiger partial charge in [0, 0.05) is 37.4 Å². The molecule has 0 bridgehead atoms. The topological polar surface area (TPSA) is 79.0 Å². The Morgan fingerprint density at radius 2 is 1.61 bits per heavy atom. The highest BCUT2D eigenvalue weighted by Crippen LogP contribution is 2.35. The van der Waals surface area contributed by atoms with E-state index >= 15 is 0 Å². The summed E-state index contributed by atoms with van der Waals surface area (Å²) < 4.78 is 5.36. The molecule has 2 fully saturated rings. The van der Waals surface area contributed by atoms with Crippen molar-refractivity contribution in [3.63, 3.8) is 0 Å². The molecule has 7 heteroatoms. The van der Waals surface area contributed by atoms with Crippen LogP contribution in [0.25, 0.3) is 0 Å². The summed E-state index contributed by atoms with van der Waals surface area (Å²) in [5.74, 6) is -0.960. The highest BCUT2D eigenvalue weighted by molar-refractivity contribution is 6.05. The van der Waals surface area contributed by atoms with Crippen molar-refractivity contribution in [2.45, 2.75) is 19.3 Å². The first kappa shape index (κ1) is 18.7. The van der Waals surface area contributed by atoms with E-state index in [-0.39, 0.29) is 42.5 Å². The van der Waals surface area contributed by atoms with Crippen molar-refractivity contribution in [3.05, 3.63) is 36.4 Å². The summed E-state index contributed by atoms with van der Waals surface area (Å²) in [5.41, 5.74) is 1.81. The fraction of sp³-hybridized carbons (Fsp3) is 0.476. The number of ether oxygens (including phenoxy) is 1. The number of nitrogens with one attached hydrogen (secondary N) is 1. The third-order valence-corrected chi connectivity index (χ3v) is 5.69. The Kier molecular flexibility index (Phi) is 5.43. The Morgan fingerprint density at radius 3 is 2.21 bits per heavy atom. The smallest absolute Gasteiger partial charge is 0.233 e. The van der Waals surface area contributed by atoms with Gasteiger partial charge in [0.2, 0.25) is 17.7 Å². The van der Waals surface area contributed by atoms with Crippen LogP contribution in [0.1, 0.15) is 19.3 Å². The molecule has 1 N–H and O–H groups in total. The van der Waals surface area contributed by atoms with Crippen LogP contribution in [-0.4, -0.2) is 55.5 Å². The number of carbonyl (C=O) groups excluding carboxylic acids is 3. The zero-order valence-corrected chi connectivity index (χ0v) is 15.8. The van der Waals surface area contributed by atoms with Gasteiger partial charge in [-0.15, -0.1) is 0 Å². The number of rotatable bonds is 5.